The van der Waals surface area contributed by atoms with Crippen LogP contribution in [0.2, 0.25) is 0 Å². The molecule has 0 bridgehead atoms. The molecule has 0 N–H and O–H groups in total. The Labute approximate surface area is 75.6 Å². The maximum atomic E-state index is 10.5. The van der Waals surface area contributed by atoms with E-state index in [-0.39, 0.29) is 13.2 Å². The van der Waals surface area contributed by atoms with Crippen molar-refractivity contribution < 1.29 is 28.8 Å². The first-order valence-electron chi connectivity index (χ1n) is 3.88. The Hall–Kier alpha value is -1.46. The molecule has 0 spiro atoms. The Bertz CT molecular complexity index is 166. The molecule has 0 aliphatic rings. The van der Waals surface area contributed by atoms with Crippen LogP contribution < -0.4 is 0 Å². The minimum absolute atomic E-state index is 0.145. The fraction of sp³-hybridized carbons (Fsp3) is 0.714. The summed E-state index contributed by atoms with van der Waals surface area (Å²) in [6.45, 7) is 3.77. The molecule has 0 radical (unpaired) electrons. The summed E-state index contributed by atoms with van der Waals surface area (Å²) in [5.74, 6) is 0. The summed E-state index contributed by atoms with van der Waals surface area (Å²) in [5.41, 5.74) is 0. The van der Waals surface area contributed by atoms with Crippen LogP contribution in [0.3, 0.4) is 0 Å². The Kier molecular flexibility index (Phi) is 6.39. The minimum atomic E-state index is -1.07. The van der Waals surface area contributed by atoms with Gasteiger partial charge in [-0.3, -0.25) is 0 Å². The van der Waals surface area contributed by atoms with Crippen molar-refractivity contribution in [1.29, 1.82) is 0 Å². The summed E-state index contributed by atoms with van der Waals surface area (Å²) in [5, 5.41) is 0. The largest absolute Gasteiger partial charge is 0.549 e. The number of rotatable bonds is 3. The van der Waals surface area contributed by atoms with Gasteiger partial charge in [0.25, 0.3) is 0 Å². The molecule has 0 aromatic rings. The molecule has 0 unspecified atom stereocenters. The van der Waals surface area contributed by atoms with Crippen molar-refractivity contribution in [3.05, 3.63) is 0 Å². The van der Waals surface area contributed by atoms with Gasteiger partial charge in [0.15, 0.2) is 0 Å². The molecule has 6 heteroatoms. The highest BCUT2D eigenvalue weighted by Crippen LogP contribution is 1.91. The van der Waals surface area contributed by atoms with Crippen LogP contribution in [0.25, 0.3) is 0 Å². The molecular weight excluding hydrogens is 180 g/mol. The minimum Gasteiger partial charge on any atom is -0.432 e. The summed E-state index contributed by atoms with van der Waals surface area (Å²) >= 11 is 0. The van der Waals surface area contributed by atoms with Gasteiger partial charge >= 0.3 is 12.3 Å². The van der Waals surface area contributed by atoms with Crippen LogP contribution in [0.5, 0.6) is 0 Å². The maximum absolute atomic E-state index is 10.5. The lowest BCUT2D eigenvalue weighted by atomic mass is 10.5. The van der Waals surface area contributed by atoms with Crippen molar-refractivity contribution in [3.8, 4) is 0 Å². The first-order valence-corrected chi connectivity index (χ1v) is 3.88. The van der Waals surface area contributed by atoms with Gasteiger partial charge in [-0.2, -0.15) is 19.4 Å². The molecule has 6 nitrogen and oxygen atoms in total. The van der Waals surface area contributed by atoms with Crippen molar-refractivity contribution >= 4 is 12.3 Å². The van der Waals surface area contributed by atoms with Crippen molar-refractivity contribution in [1.82, 2.24) is 0 Å². The van der Waals surface area contributed by atoms with Crippen LogP contribution in [0.4, 0.5) is 9.59 Å². The Balaban J connectivity index is 3.40. The lowest BCUT2D eigenvalue weighted by Gasteiger charge is -2.02. The third-order valence-corrected chi connectivity index (χ3v) is 0.864. The predicted octanol–water partition coefficient (Wildman–Crippen LogP) is 1.64. The van der Waals surface area contributed by atoms with E-state index >= 15 is 0 Å². The molecule has 0 aliphatic heterocycles. The Morgan fingerprint density at radius 3 is 2.00 bits per heavy atom. The van der Waals surface area contributed by atoms with E-state index < -0.39 is 12.3 Å². The van der Waals surface area contributed by atoms with Gasteiger partial charge in [-0.1, -0.05) is 6.92 Å². The first-order chi connectivity index (χ1) is 6.20. The lowest BCUT2D eigenvalue weighted by molar-refractivity contribution is -0.217. The summed E-state index contributed by atoms with van der Waals surface area (Å²) in [6, 6.07) is 0. The SMILES string of the molecule is CCCOC(=O)OOC(=O)OCC. The smallest absolute Gasteiger partial charge is 0.432 e. The average molecular weight is 192 g/mol. The molecule has 0 aliphatic carbocycles. The van der Waals surface area contributed by atoms with E-state index in [0.717, 1.165) is 0 Å². The van der Waals surface area contributed by atoms with Gasteiger partial charge in [0.05, 0.1) is 13.2 Å². The first kappa shape index (κ1) is 11.5. The molecule has 0 rings (SSSR count). The van der Waals surface area contributed by atoms with Crippen LogP contribution >= 0.6 is 0 Å². The fourth-order valence-electron chi connectivity index (χ4n) is 0.419. The third kappa shape index (κ3) is 6.92. The van der Waals surface area contributed by atoms with Crippen molar-refractivity contribution in [3.63, 3.8) is 0 Å². The number of carbonyl (C=O) groups excluding carboxylic acids is 2. The second-order valence-corrected chi connectivity index (χ2v) is 1.95. The van der Waals surface area contributed by atoms with E-state index in [1.807, 2.05) is 6.92 Å². The molecule has 0 atom stereocenters. The molecule has 0 heterocycles. The number of carbonyl (C=O) groups is 2. The van der Waals surface area contributed by atoms with Gasteiger partial charge in [-0.15, -0.1) is 0 Å². The molecule has 0 aromatic carbocycles. The normalized spacial score (nSPS) is 8.77. The van der Waals surface area contributed by atoms with E-state index in [1.54, 1.807) is 6.92 Å². The van der Waals surface area contributed by atoms with E-state index in [0.29, 0.717) is 6.42 Å². The second-order valence-electron chi connectivity index (χ2n) is 1.95. The van der Waals surface area contributed by atoms with E-state index in [2.05, 4.69) is 19.2 Å². The second kappa shape index (κ2) is 7.20. The van der Waals surface area contributed by atoms with Crippen LogP contribution in [0.1, 0.15) is 20.3 Å². The standard InChI is InChI=1S/C7H12O6/c1-3-5-11-7(9)13-12-6(8)10-4-2/h3-5H2,1-2H3. The summed E-state index contributed by atoms with van der Waals surface area (Å²) < 4.78 is 8.73. The van der Waals surface area contributed by atoms with E-state index in [4.69, 9.17) is 0 Å². The third-order valence-electron chi connectivity index (χ3n) is 0.864. The van der Waals surface area contributed by atoms with E-state index in [1.165, 1.54) is 0 Å². The predicted molar refractivity (Wildman–Crippen MR) is 40.8 cm³/mol. The monoisotopic (exact) mass is 192 g/mol. The highest BCUT2D eigenvalue weighted by molar-refractivity contribution is 5.63. The van der Waals surface area contributed by atoms with Gasteiger partial charge in [-0.25, -0.2) is 0 Å². The highest BCUT2D eigenvalue weighted by Gasteiger charge is 2.10. The Morgan fingerprint density at radius 1 is 1.00 bits per heavy atom. The molecule has 76 valence electrons. The van der Waals surface area contributed by atoms with Gasteiger partial charge in [0.2, 0.25) is 0 Å². The van der Waals surface area contributed by atoms with Crippen LogP contribution in [0.15, 0.2) is 0 Å². The molecule has 0 amide bonds. The topological polar surface area (TPSA) is 71.1 Å². The molecule has 0 saturated carbocycles. The van der Waals surface area contributed by atoms with Crippen molar-refractivity contribution in [2.45, 2.75) is 20.3 Å². The average Bonchev–Trinajstić information content (AvgIpc) is 2.12. The summed E-state index contributed by atoms with van der Waals surface area (Å²) in [7, 11) is 0. The molecule has 13 heavy (non-hydrogen) atoms. The molecule has 0 aromatic heterocycles. The van der Waals surface area contributed by atoms with Crippen LogP contribution in [-0.2, 0) is 19.2 Å². The quantitative estimate of drug-likeness (QED) is 0.384. The lowest BCUT2D eigenvalue weighted by Crippen LogP contribution is -2.13. The van der Waals surface area contributed by atoms with Crippen LogP contribution in [-0.4, -0.2) is 25.5 Å². The fourth-order valence-corrected chi connectivity index (χ4v) is 0.419. The Morgan fingerprint density at radius 2 is 1.54 bits per heavy atom. The van der Waals surface area contributed by atoms with Crippen molar-refractivity contribution in [2.75, 3.05) is 13.2 Å². The number of ether oxygens (including phenoxy) is 2. The molecule has 0 saturated heterocycles. The number of hydrogen-bond donors (Lipinski definition) is 0. The zero-order chi connectivity index (χ0) is 10.1. The molecular formula is C7H12O6. The van der Waals surface area contributed by atoms with Gasteiger partial charge in [-0.05, 0) is 13.3 Å². The zero-order valence-electron chi connectivity index (χ0n) is 7.57. The van der Waals surface area contributed by atoms with Gasteiger partial charge in [0.1, 0.15) is 0 Å². The maximum Gasteiger partial charge on any atom is 0.549 e. The highest BCUT2D eigenvalue weighted by atomic mass is 17.3. The van der Waals surface area contributed by atoms with E-state index in [9.17, 15) is 9.59 Å². The number of hydrogen-bond acceptors (Lipinski definition) is 6. The summed E-state index contributed by atoms with van der Waals surface area (Å²) in [4.78, 5) is 28.8. The molecule has 0 fully saturated rings. The van der Waals surface area contributed by atoms with Crippen molar-refractivity contribution in [2.24, 2.45) is 0 Å². The summed E-state index contributed by atoms with van der Waals surface area (Å²) in [6.07, 6.45) is -1.47. The van der Waals surface area contributed by atoms with Gasteiger partial charge in [0, 0.05) is 0 Å². The van der Waals surface area contributed by atoms with Gasteiger partial charge < -0.3 is 9.47 Å². The zero-order valence-corrected chi connectivity index (χ0v) is 7.57. The van der Waals surface area contributed by atoms with Crippen LogP contribution in [0, 0.1) is 0 Å².